The van der Waals surface area contributed by atoms with Gasteiger partial charge in [-0.1, -0.05) is 12.1 Å². The van der Waals surface area contributed by atoms with E-state index in [9.17, 15) is 9.59 Å². The van der Waals surface area contributed by atoms with Crippen LogP contribution in [0.5, 0.6) is 0 Å². The van der Waals surface area contributed by atoms with Crippen LogP contribution in [0.15, 0.2) is 24.3 Å². The molecule has 4 heteroatoms. The summed E-state index contributed by atoms with van der Waals surface area (Å²) >= 11 is 0. The second-order valence-corrected chi connectivity index (χ2v) is 6.20. The zero-order valence-corrected chi connectivity index (χ0v) is 11.6. The number of hydrogen-bond acceptors (Lipinski definition) is 3. The summed E-state index contributed by atoms with van der Waals surface area (Å²) < 4.78 is 0. The molecule has 20 heavy (non-hydrogen) atoms. The molecule has 104 valence electrons. The number of amides is 2. The molecule has 3 aliphatic heterocycles. The average molecular weight is 270 g/mol. The standard InChI is InChI=1S/C16H18N2O2/c1-17-10-6-7-11(17)9-12(8-10)18-15(19)13-4-2-3-5-14(13)16(18)20/h2-5,10-12H,6-9H2,1H3. The summed E-state index contributed by atoms with van der Waals surface area (Å²) in [6.45, 7) is 0. The third kappa shape index (κ3) is 1.51. The zero-order chi connectivity index (χ0) is 13.9. The lowest BCUT2D eigenvalue weighted by atomic mass is 9.96. The fourth-order valence-electron chi connectivity index (χ4n) is 4.13. The summed E-state index contributed by atoms with van der Waals surface area (Å²) in [6.07, 6.45) is 4.25. The number of benzene rings is 1. The number of rotatable bonds is 1. The monoisotopic (exact) mass is 270 g/mol. The van der Waals surface area contributed by atoms with Crippen LogP contribution >= 0.6 is 0 Å². The van der Waals surface area contributed by atoms with Gasteiger partial charge in [-0.25, -0.2) is 0 Å². The maximum absolute atomic E-state index is 12.5. The van der Waals surface area contributed by atoms with Crippen LogP contribution in [0.25, 0.3) is 0 Å². The van der Waals surface area contributed by atoms with Crippen LogP contribution in [-0.4, -0.2) is 46.8 Å². The molecule has 0 spiro atoms. The van der Waals surface area contributed by atoms with Crippen molar-refractivity contribution in [2.45, 2.75) is 43.8 Å². The number of carbonyl (C=O) groups excluding carboxylic acids is 2. The van der Waals surface area contributed by atoms with Gasteiger partial charge in [0.1, 0.15) is 0 Å². The molecular formula is C16H18N2O2. The van der Waals surface area contributed by atoms with Crippen molar-refractivity contribution in [3.8, 4) is 0 Å². The molecule has 0 aromatic heterocycles. The molecule has 1 aromatic rings. The minimum atomic E-state index is -0.0976. The molecule has 4 nitrogen and oxygen atoms in total. The molecule has 2 bridgehead atoms. The van der Waals surface area contributed by atoms with Crippen LogP contribution in [0.4, 0.5) is 0 Å². The van der Waals surface area contributed by atoms with Gasteiger partial charge in [-0.3, -0.25) is 14.5 Å². The van der Waals surface area contributed by atoms with E-state index in [1.807, 2.05) is 12.1 Å². The number of piperidine rings is 1. The number of fused-ring (bicyclic) bond motifs is 3. The highest BCUT2D eigenvalue weighted by atomic mass is 16.2. The fourth-order valence-corrected chi connectivity index (χ4v) is 4.13. The summed E-state index contributed by atoms with van der Waals surface area (Å²) in [5, 5.41) is 0. The molecule has 2 saturated heterocycles. The highest BCUT2D eigenvalue weighted by Crippen LogP contribution is 2.38. The third-order valence-electron chi connectivity index (χ3n) is 5.26. The Bertz CT molecular complexity index is 549. The van der Waals surface area contributed by atoms with Gasteiger partial charge in [-0.05, 0) is 44.9 Å². The van der Waals surface area contributed by atoms with Crippen LogP contribution < -0.4 is 0 Å². The lowest BCUT2D eigenvalue weighted by molar-refractivity contribution is 0.0439. The molecule has 1 aromatic carbocycles. The molecule has 0 saturated carbocycles. The van der Waals surface area contributed by atoms with E-state index >= 15 is 0 Å². The summed E-state index contributed by atoms with van der Waals surface area (Å²) in [5.41, 5.74) is 1.15. The van der Waals surface area contributed by atoms with Crippen molar-refractivity contribution < 1.29 is 9.59 Å². The van der Waals surface area contributed by atoms with Crippen LogP contribution in [-0.2, 0) is 0 Å². The van der Waals surface area contributed by atoms with Crippen molar-refractivity contribution in [3.63, 3.8) is 0 Å². The van der Waals surface area contributed by atoms with Gasteiger partial charge in [-0.2, -0.15) is 0 Å². The molecule has 2 atom stereocenters. The smallest absolute Gasteiger partial charge is 0.261 e. The molecule has 2 fully saturated rings. The first-order chi connectivity index (χ1) is 9.66. The lowest BCUT2D eigenvalue weighted by Gasteiger charge is -2.39. The topological polar surface area (TPSA) is 40.6 Å². The fraction of sp³-hybridized carbons (Fsp3) is 0.500. The Morgan fingerprint density at radius 1 is 0.900 bits per heavy atom. The molecule has 3 aliphatic rings. The van der Waals surface area contributed by atoms with Crippen molar-refractivity contribution in [1.82, 2.24) is 9.80 Å². The van der Waals surface area contributed by atoms with Crippen LogP contribution in [0.3, 0.4) is 0 Å². The Kier molecular flexibility index (Phi) is 2.51. The predicted octanol–water partition coefficient (Wildman–Crippen LogP) is 1.91. The molecule has 0 radical (unpaired) electrons. The highest BCUT2D eigenvalue weighted by molar-refractivity contribution is 6.21. The minimum Gasteiger partial charge on any atom is -0.300 e. The third-order valence-corrected chi connectivity index (χ3v) is 5.26. The quantitative estimate of drug-likeness (QED) is 0.732. The van der Waals surface area contributed by atoms with Crippen molar-refractivity contribution in [3.05, 3.63) is 35.4 Å². The van der Waals surface area contributed by atoms with Gasteiger partial charge in [0.15, 0.2) is 0 Å². The Hall–Kier alpha value is -1.68. The predicted molar refractivity (Wildman–Crippen MR) is 74.5 cm³/mol. The van der Waals surface area contributed by atoms with E-state index in [0.29, 0.717) is 23.2 Å². The Balaban J connectivity index is 1.65. The zero-order valence-electron chi connectivity index (χ0n) is 11.6. The Labute approximate surface area is 118 Å². The van der Waals surface area contributed by atoms with Gasteiger partial charge < -0.3 is 4.90 Å². The minimum absolute atomic E-state index is 0.0797. The van der Waals surface area contributed by atoms with E-state index in [1.54, 1.807) is 12.1 Å². The van der Waals surface area contributed by atoms with Crippen molar-refractivity contribution >= 4 is 11.8 Å². The molecule has 2 amide bonds. The number of carbonyl (C=O) groups is 2. The first-order valence-electron chi connectivity index (χ1n) is 7.35. The van der Waals surface area contributed by atoms with Crippen molar-refractivity contribution in [2.24, 2.45) is 0 Å². The maximum Gasteiger partial charge on any atom is 0.261 e. The van der Waals surface area contributed by atoms with Crippen molar-refractivity contribution in [2.75, 3.05) is 7.05 Å². The summed E-state index contributed by atoms with van der Waals surface area (Å²) in [4.78, 5) is 29.0. The highest BCUT2D eigenvalue weighted by Gasteiger charge is 2.46. The van der Waals surface area contributed by atoms with Gasteiger partial charge in [0.25, 0.3) is 11.8 Å². The normalized spacial score (nSPS) is 32.9. The first-order valence-corrected chi connectivity index (χ1v) is 7.35. The molecule has 4 rings (SSSR count). The summed E-state index contributed by atoms with van der Waals surface area (Å²) in [7, 11) is 2.17. The number of nitrogens with zero attached hydrogens (tertiary/aromatic N) is 2. The Morgan fingerprint density at radius 3 is 1.90 bits per heavy atom. The van der Waals surface area contributed by atoms with Crippen molar-refractivity contribution in [1.29, 1.82) is 0 Å². The molecule has 3 heterocycles. The van der Waals surface area contributed by atoms with Gasteiger partial charge in [0, 0.05) is 18.1 Å². The molecule has 0 N–H and O–H groups in total. The van der Waals surface area contributed by atoms with E-state index in [0.717, 1.165) is 12.8 Å². The van der Waals surface area contributed by atoms with Gasteiger partial charge in [0.05, 0.1) is 11.1 Å². The van der Waals surface area contributed by atoms with Gasteiger partial charge in [0.2, 0.25) is 0 Å². The average Bonchev–Trinajstić information content (AvgIpc) is 2.82. The molecular weight excluding hydrogens is 252 g/mol. The van der Waals surface area contributed by atoms with Crippen LogP contribution in [0, 0.1) is 0 Å². The largest absolute Gasteiger partial charge is 0.300 e. The first kappa shape index (κ1) is 12.1. The maximum atomic E-state index is 12.5. The molecule has 2 unspecified atom stereocenters. The number of hydrogen-bond donors (Lipinski definition) is 0. The second kappa shape index (κ2) is 4.16. The van der Waals surface area contributed by atoms with Gasteiger partial charge in [-0.15, -0.1) is 0 Å². The van der Waals surface area contributed by atoms with E-state index in [-0.39, 0.29) is 17.9 Å². The SMILES string of the molecule is CN1C2CCC1CC(N1C(=O)c3ccccc3C1=O)C2. The van der Waals surface area contributed by atoms with Gasteiger partial charge >= 0.3 is 0 Å². The second-order valence-electron chi connectivity index (χ2n) is 6.20. The van der Waals surface area contributed by atoms with E-state index < -0.39 is 0 Å². The number of imide groups is 1. The van der Waals surface area contributed by atoms with E-state index in [2.05, 4.69) is 11.9 Å². The van der Waals surface area contributed by atoms with Crippen LogP contribution in [0.1, 0.15) is 46.4 Å². The van der Waals surface area contributed by atoms with E-state index in [4.69, 9.17) is 0 Å². The summed E-state index contributed by atoms with van der Waals surface area (Å²) in [6, 6.07) is 8.32. The lowest BCUT2D eigenvalue weighted by Crippen LogP contribution is -2.50. The van der Waals surface area contributed by atoms with Crippen LogP contribution in [0.2, 0.25) is 0 Å². The molecule has 0 aliphatic carbocycles. The Morgan fingerprint density at radius 2 is 1.40 bits per heavy atom. The summed E-state index contributed by atoms with van der Waals surface area (Å²) in [5.74, 6) is -0.195. The van der Waals surface area contributed by atoms with E-state index in [1.165, 1.54) is 17.7 Å².